The van der Waals surface area contributed by atoms with Crippen molar-refractivity contribution >= 4 is 23.6 Å². The van der Waals surface area contributed by atoms with E-state index in [1.54, 1.807) is 32.2 Å². The molecular formula is C23H25ClN2O4. The molecule has 0 spiro atoms. The number of nitrogens with one attached hydrogen (secondary N) is 1. The van der Waals surface area contributed by atoms with Crippen LogP contribution in [0.1, 0.15) is 29.7 Å². The fraction of sp³-hybridized carbons (Fsp3) is 0.304. The molecule has 2 amide bonds. The molecule has 6 nitrogen and oxygen atoms in total. The van der Waals surface area contributed by atoms with Crippen molar-refractivity contribution < 1.29 is 19.1 Å². The van der Waals surface area contributed by atoms with Crippen LogP contribution in [-0.4, -0.2) is 37.2 Å². The van der Waals surface area contributed by atoms with Crippen LogP contribution in [0.5, 0.6) is 5.75 Å². The second-order valence-corrected chi connectivity index (χ2v) is 7.50. The lowest BCUT2D eigenvalue weighted by Gasteiger charge is -2.34. The molecule has 2 aromatic carbocycles. The summed E-state index contributed by atoms with van der Waals surface area (Å²) in [4.78, 5) is 27.0. The Labute approximate surface area is 181 Å². The van der Waals surface area contributed by atoms with E-state index < -0.39 is 12.0 Å². The van der Waals surface area contributed by atoms with Crippen molar-refractivity contribution in [2.45, 2.75) is 26.8 Å². The monoisotopic (exact) mass is 428 g/mol. The largest absolute Gasteiger partial charge is 0.487 e. The highest BCUT2D eigenvalue weighted by atomic mass is 35.5. The normalized spacial score (nSPS) is 16.4. The summed E-state index contributed by atoms with van der Waals surface area (Å²) < 4.78 is 11.3. The Balaban J connectivity index is 2.06. The third kappa shape index (κ3) is 4.44. The number of hydrogen-bond donors (Lipinski definition) is 1. The van der Waals surface area contributed by atoms with Crippen molar-refractivity contribution in [3.05, 3.63) is 75.4 Å². The molecule has 0 unspecified atom stereocenters. The van der Waals surface area contributed by atoms with Crippen LogP contribution in [0.2, 0.25) is 5.02 Å². The Kier molecular flexibility index (Phi) is 6.67. The molecule has 1 aliphatic rings. The summed E-state index contributed by atoms with van der Waals surface area (Å²) in [5, 5.41) is 3.37. The minimum absolute atomic E-state index is 0.0411. The van der Waals surface area contributed by atoms with Crippen molar-refractivity contribution in [2.75, 3.05) is 20.3 Å². The first-order chi connectivity index (χ1) is 14.3. The number of amides is 2. The highest BCUT2D eigenvalue weighted by Crippen LogP contribution is 2.32. The van der Waals surface area contributed by atoms with Gasteiger partial charge in [-0.1, -0.05) is 35.9 Å². The molecular weight excluding hydrogens is 404 g/mol. The van der Waals surface area contributed by atoms with Crippen LogP contribution in [0.4, 0.5) is 4.79 Å². The number of aryl methyl sites for hydroxylation is 1. The number of carbonyl (C=O) groups excluding carboxylic acids is 2. The molecule has 0 fully saturated rings. The third-order valence-electron chi connectivity index (χ3n) is 5.17. The number of hydrogen-bond acceptors (Lipinski definition) is 4. The molecule has 0 saturated carbocycles. The first-order valence-electron chi connectivity index (χ1n) is 9.72. The zero-order valence-corrected chi connectivity index (χ0v) is 18.2. The second kappa shape index (κ2) is 9.22. The maximum absolute atomic E-state index is 12.9. The predicted molar refractivity (Wildman–Crippen MR) is 116 cm³/mol. The highest BCUT2D eigenvalue weighted by Gasteiger charge is 2.37. The van der Waals surface area contributed by atoms with Gasteiger partial charge in [-0.15, -0.1) is 0 Å². The summed E-state index contributed by atoms with van der Waals surface area (Å²) in [6.45, 7) is 5.97. The number of rotatable bonds is 6. The molecule has 2 aromatic rings. The first-order valence-corrected chi connectivity index (χ1v) is 10.1. The molecule has 1 aliphatic heterocycles. The first kappa shape index (κ1) is 21.7. The predicted octanol–water partition coefficient (Wildman–Crippen LogP) is 4.55. The van der Waals surface area contributed by atoms with E-state index in [9.17, 15) is 9.59 Å². The molecule has 0 saturated heterocycles. The topological polar surface area (TPSA) is 67.9 Å². The molecule has 0 radical (unpaired) electrons. The minimum Gasteiger partial charge on any atom is -0.487 e. The quantitative estimate of drug-likeness (QED) is 0.685. The van der Waals surface area contributed by atoms with Crippen LogP contribution in [0.3, 0.4) is 0 Å². The number of urea groups is 1. The van der Waals surface area contributed by atoms with Gasteiger partial charge in [0.2, 0.25) is 0 Å². The molecule has 1 heterocycles. The van der Waals surface area contributed by atoms with E-state index in [-0.39, 0.29) is 19.2 Å². The van der Waals surface area contributed by atoms with E-state index in [1.807, 2.05) is 38.1 Å². The van der Waals surface area contributed by atoms with Gasteiger partial charge >= 0.3 is 12.0 Å². The summed E-state index contributed by atoms with van der Waals surface area (Å²) in [7, 11) is 1.60. The van der Waals surface area contributed by atoms with Gasteiger partial charge in [-0.2, -0.15) is 0 Å². The summed E-state index contributed by atoms with van der Waals surface area (Å²) in [6.07, 6.45) is 0. The molecule has 3 rings (SSSR count). The lowest BCUT2D eigenvalue weighted by atomic mass is 9.94. The van der Waals surface area contributed by atoms with Gasteiger partial charge in [-0.25, -0.2) is 9.59 Å². The fourth-order valence-electron chi connectivity index (χ4n) is 3.34. The van der Waals surface area contributed by atoms with Crippen LogP contribution in [-0.2, 0) is 9.53 Å². The zero-order chi connectivity index (χ0) is 21.8. The summed E-state index contributed by atoms with van der Waals surface area (Å²) in [6, 6.07) is 11.8. The molecule has 158 valence electrons. The van der Waals surface area contributed by atoms with Crippen molar-refractivity contribution in [2.24, 2.45) is 0 Å². The average molecular weight is 429 g/mol. The van der Waals surface area contributed by atoms with Gasteiger partial charge in [0.1, 0.15) is 12.4 Å². The van der Waals surface area contributed by atoms with Gasteiger partial charge in [-0.05, 0) is 55.7 Å². The van der Waals surface area contributed by atoms with Crippen molar-refractivity contribution in [3.8, 4) is 5.75 Å². The van der Waals surface area contributed by atoms with E-state index in [1.165, 1.54) is 4.90 Å². The number of carbonyl (C=O) groups is 2. The van der Waals surface area contributed by atoms with Crippen LogP contribution < -0.4 is 10.1 Å². The molecule has 7 heteroatoms. The molecule has 0 aromatic heterocycles. The molecule has 1 N–H and O–H groups in total. The van der Waals surface area contributed by atoms with Gasteiger partial charge in [0, 0.05) is 12.1 Å². The van der Waals surface area contributed by atoms with E-state index in [0.29, 0.717) is 27.6 Å². The highest BCUT2D eigenvalue weighted by molar-refractivity contribution is 6.30. The van der Waals surface area contributed by atoms with E-state index in [2.05, 4.69) is 5.32 Å². The van der Waals surface area contributed by atoms with E-state index in [0.717, 1.165) is 11.1 Å². The number of nitrogens with zero attached hydrogens (tertiary/aromatic N) is 1. The van der Waals surface area contributed by atoms with Gasteiger partial charge in [-0.3, -0.25) is 4.90 Å². The molecule has 0 bridgehead atoms. The Morgan fingerprint density at radius 2 is 1.93 bits per heavy atom. The van der Waals surface area contributed by atoms with Crippen molar-refractivity contribution in [3.63, 3.8) is 0 Å². The number of halogens is 1. The van der Waals surface area contributed by atoms with Gasteiger partial charge in [0.15, 0.2) is 0 Å². The van der Waals surface area contributed by atoms with E-state index >= 15 is 0 Å². The maximum atomic E-state index is 12.9. The van der Waals surface area contributed by atoms with Crippen LogP contribution in [0.25, 0.3) is 0 Å². The Morgan fingerprint density at radius 1 is 1.20 bits per heavy atom. The van der Waals surface area contributed by atoms with Crippen molar-refractivity contribution in [1.29, 1.82) is 0 Å². The number of likely N-dealkylation sites (N-methyl/N-ethyl adjacent to an activating group) is 1. The van der Waals surface area contributed by atoms with E-state index in [4.69, 9.17) is 21.1 Å². The number of esters is 1. The lowest BCUT2D eigenvalue weighted by Crippen LogP contribution is -2.48. The van der Waals surface area contributed by atoms with Gasteiger partial charge < -0.3 is 14.8 Å². The fourth-order valence-corrected chi connectivity index (χ4v) is 3.54. The summed E-state index contributed by atoms with van der Waals surface area (Å²) in [5.41, 5.74) is 3.56. The molecule has 0 aliphatic carbocycles. The van der Waals surface area contributed by atoms with Crippen LogP contribution in [0.15, 0.2) is 53.7 Å². The molecule has 1 atom stereocenters. The van der Waals surface area contributed by atoms with Gasteiger partial charge in [0.05, 0.1) is 23.9 Å². The maximum Gasteiger partial charge on any atom is 0.338 e. The Morgan fingerprint density at radius 3 is 2.63 bits per heavy atom. The molecule has 30 heavy (non-hydrogen) atoms. The standard InChI is InChI=1S/C23H25ClN2O4/c1-5-29-22(27)20-18(13-30-19-11-6-8-14(2)15(19)3)26(4)23(28)25-21(20)16-9-7-10-17(24)12-16/h6-12,21H,5,13H2,1-4H3,(H,25,28)/t21-/m1/s1. The lowest BCUT2D eigenvalue weighted by molar-refractivity contribution is -0.139. The van der Waals surface area contributed by atoms with Crippen molar-refractivity contribution in [1.82, 2.24) is 10.2 Å². The van der Waals surface area contributed by atoms with Crippen LogP contribution in [0, 0.1) is 13.8 Å². The number of ether oxygens (including phenoxy) is 2. The average Bonchev–Trinajstić information content (AvgIpc) is 2.71. The zero-order valence-electron chi connectivity index (χ0n) is 17.5. The SMILES string of the molecule is CCOC(=O)C1=C(COc2cccc(C)c2C)N(C)C(=O)N[C@@H]1c1cccc(Cl)c1. The third-order valence-corrected chi connectivity index (χ3v) is 5.41. The summed E-state index contributed by atoms with van der Waals surface area (Å²) >= 11 is 6.15. The van der Waals surface area contributed by atoms with Crippen LogP contribution >= 0.6 is 11.6 Å². The number of benzene rings is 2. The smallest absolute Gasteiger partial charge is 0.338 e. The van der Waals surface area contributed by atoms with Gasteiger partial charge in [0.25, 0.3) is 0 Å². The Bertz CT molecular complexity index is 1000. The second-order valence-electron chi connectivity index (χ2n) is 7.06. The minimum atomic E-state index is -0.691. The summed E-state index contributed by atoms with van der Waals surface area (Å²) in [5.74, 6) is 0.193. The Hall–Kier alpha value is -2.99.